The molecule has 1 aliphatic heterocycles. The molecule has 0 aromatic heterocycles. The van der Waals surface area contributed by atoms with Gasteiger partial charge in [-0.1, -0.05) is 45.7 Å². The second kappa shape index (κ2) is 5.15. The topological polar surface area (TPSA) is 12.0 Å². The van der Waals surface area contributed by atoms with Gasteiger partial charge >= 0.3 is 0 Å². The van der Waals surface area contributed by atoms with Gasteiger partial charge in [0.15, 0.2) is 0 Å². The van der Waals surface area contributed by atoms with E-state index in [-0.39, 0.29) is 0 Å². The number of rotatable bonds is 2. The second-order valence-electron chi connectivity index (χ2n) is 3.73. The summed E-state index contributed by atoms with van der Waals surface area (Å²) in [5.74, 6) is 0. The average molecular weight is 287 g/mol. The Kier molecular flexibility index (Phi) is 3.84. The van der Waals surface area contributed by atoms with Crippen LogP contribution in [0.5, 0.6) is 0 Å². The molecule has 0 spiro atoms. The van der Waals surface area contributed by atoms with Gasteiger partial charge in [-0.3, -0.25) is 0 Å². The van der Waals surface area contributed by atoms with Crippen LogP contribution in [0.1, 0.15) is 18.4 Å². The lowest BCUT2D eigenvalue weighted by Crippen LogP contribution is -2.17. The Bertz CT molecular complexity index is 370. The molecule has 1 nitrogen and oxygen atoms in total. The van der Waals surface area contributed by atoms with Gasteiger partial charge in [0.1, 0.15) is 0 Å². The zero-order chi connectivity index (χ0) is 10.7. The van der Waals surface area contributed by atoms with Gasteiger partial charge in [0.25, 0.3) is 0 Å². The zero-order valence-corrected chi connectivity index (χ0v) is 10.7. The van der Waals surface area contributed by atoms with E-state index in [1.165, 1.54) is 12.8 Å². The fourth-order valence-corrected chi connectivity index (χ4v) is 2.47. The van der Waals surface area contributed by atoms with Crippen molar-refractivity contribution in [3.63, 3.8) is 0 Å². The van der Waals surface area contributed by atoms with Gasteiger partial charge in [-0.15, -0.1) is 0 Å². The van der Waals surface area contributed by atoms with Gasteiger partial charge in [0, 0.05) is 15.5 Å². The first-order valence-corrected chi connectivity index (χ1v) is 6.29. The van der Waals surface area contributed by atoms with E-state index in [2.05, 4.69) is 33.4 Å². The van der Waals surface area contributed by atoms with Gasteiger partial charge in [0.2, 0.25) is 0 Å². The Labute approximate surface area is 104 Å². The normalized spacial score (nSPS) is 21.3. The highest BCUT2D eigenvalue weighted by molar-refractivity contribution is 9.10. The highest BCUT2D eigenvalue weighted by Crippen LogP contribution is 2.22. The van der Waals surface area contributed by atoms with Crippen LogP contribution in [0, 0.1) is 0 Å². The maximum atomic E-state index is 6.11. The maximum Gasteiger partial charge on any atom is 0.0489 e. The molecule has 0 amide bonds. The van der Waals surface area contributed by atoms with E-state index >= 15 is 0 Å². The molecule has 1 saturated heterocycles. The van der Waals surface area contributed by atoms with Crippen molar-refractivity contribution in [1.82, 2.24) is 5.32 Å². The van der Waals surface area contributed by atoms with Crippen LogP contribution in [-0.4, -0.2) is 12.6 Å². The molecule has 1 aromatic carbocycles. The van der Waals surface area contributed by atoms with Gasteiger partial charge in [-0.05, 0) is 37.1 Å². The summed E-state index contributed by atoms with van der Waals surface area (Å²) >= 11 is 9.51. The van der Waals surface area contributed by atoms with Crippen LogP contribution in [0.4, 0.5) is 0 Å². The second-order valence-corrected chi connectivity index (χ2v) is 5.05. The van der Waals surface area contributed by atoms with Gasteiger partial charge < -0.3 is 5.32 Å². The minimum Gasteiger partial charge on any atom is -0.311 e. The van der Waals surface area contributed by atoms with Crippen LogP contribution in [0.15, 0.2) is 28.7 Å². The molecule has 80 valence electrons. The van der Waals surface area contributed by atoms with Crippen molar-refractivity contribution in [3.05, 3.63) is 39.3 Å². The quantitative estimate of drug-likeness (QED) is 0.870. The van der Waals surface area contributed by atoms with Crippen LogP contribution in [0.2, 0.25) is 5.02 Å². The smallest absolute Gasteiger partial charge is 0.0489 e. The molecular weight excluding hydrogens is 273 g/mol. The van der Waals surface area contributed by atoms with Crippen molar-refractivity contribution in [2.45, 2.75) is 18.9 Å². The summed E-state index contributed by atoms with van der Waals surface area (Å²) in [4.78, 5) is 0. The highest BCUT2D eigenvalue weighted by Gasteiger charge is 2.09. The van der Waals surface area contributed by atoms with Gasteiger partial charge in [0.05, 0.1) is 0 Å². The van der Waals surface area contributed by atoms with E-state index in [0.29, 0.717) is 6.04 Å². The molecule has 1 aromatic rings. The van der Waals surface area contributed by atoms with Crippen molar-refractivity contribution in [2.24, 2.45) is 0 Å². The zero-order valence-electron chi connectivity index (χ0n) is 8.34. The maximum absolute atomic E-state index is 6.11. The molecule has 0 bridgehead atoms. The molecule has 0 radical (unpaired) electrons. The lowest BCUT2D eigenvalue weighted by atomic mass is 10.1. The number of halogens is 2. The number of hydrogen-bond donors (Lipinski definition) is 1. The summed E-state index contributed by atoms with van der Waals surface area (Å²) < 4.78 is 1.02. The van der Waals surface area contributed by atoms with E-state index in [1.807, 2.05) is 18.2 Å². The number of nitrogens with one attached hydrogen (secondary N) is 1. The minimum absolute atomic E-state index is 0.518. The largest absolute Gasteiger partial charge is 0.311 e. The molecule has 2 rings (SSSR count). The van der Waals surface area contributed by atoms with Crippen LogP contribution < -0.4 is 5.32 Å². The summed E-state index contributed by atoms with van der Waals surface area (Å²) in [5.41, 5.74) is 1.08. The Morgan fingerprint density at radius 1 is 1.47 bits per heavy atom. The van der Waals surface area contributed by atoms with Crippen molar-refractivity contribution in [3.8, 4) is 0 Å². The predicted molar refractivity (Wildman–Crippen MR) is 69.2 cm³/mol. The molecular formula is C12H13BrClN. The van der Waals surface area contributed by atoms with Crippen molar-refractivity contribution >= 4 is 33.6 Å². The lowest BCUT2D eigenvalue weighted by Gasteiger charge is -2.03. The first kappa shape index (κ1) is 11.2. The minimum atomic E-state index is 0.518. The highest BCUT2D eigenvalue weighted by atomic mass is 79.9. The third-order valence-corrected chi connectivity index (χ3v) is 3.39. The van der Waals surface area contributed by atoms with E-state index in [4.69, 9.17) is 11.6 Å². The number of hydrogen-bond acceptors (Lipinski definition) is 1. The third kappa shape index (κ3) is 3.07. The van der Waals surface area contributed by atoms with Gasteiger partial charge in [-0.2, -0.15) is 0 Å². The molecule has 1 atom stereocenters. The first-order valence-electron chi connectivity index (χ1n) is 5.12. The molecule has 3 heteroatoms. The third-order valence-electron chi connectivity index (χ3n) is 2.57. The summed E-state index contributed by atoms with van der Waals surface area (Å²) in [7, 11) is 0. The first-order chi connectivity index (χ1) is 7.25. The summed E-state index contributed by atoms with van der Waals surface area (Å²) in [5, 5.41) is 4.21. The molecule has 15 heavy (non-hydrogen) atoms. The van der Waals surface area contributed by atoms with Crippen LogP contribution >= 0.6 is 27.5 Å². The SMILES string of the molecule is Clc1cc(Br)ccc1/C=C/C1CCCN1. The molecule has 1 N–H and O–H groups in total. The standard InChI is InChI=1S/C12H13BrClN/c13-10-5-3-9(12(14)8-10)4-6-11-2-1-7-15-11/h3-6,8,11,15H,1-2,7H2/b6-4+. The van der Waals surface area contributed by atoms with Gasteiger partial charge in [-0.25, -0.2) is 0 Å². The van der Waals surface area contributed by atoms with Crippen LogP contribution in [-0.2, 0) is 0 Å². The summed E-state index contributed by atoms with van der Waals surface area (Å²) in [6.07, 6.45) is 6.79. The van der Waals surface area contributed by atoms with Crippen LogP contribution in [0.25, 0.3) is 6.08 Å². The fraction of sp³-hybridized carbons (Fsp3) is 0.333. The Balaban J connectivity index is 2.09. The monoisotopic (exact) mass is 285 g/mol. The summed E-state index contributed by atoms with van der Waals surface area (Å²) in [6, 6.07) is 6.47. The summed E-state index contributed by atoms with van der Waals surface area (Å²) in [6.45, 7) is 1.13. The molecule has 1 unspecified atom stereocenters. The Morgan fingerprint density at radius 2 is 2.33 bits per heavy atom. The van der Waals surface area contributed by atoms with E-state index in [9.17, 15) is 0 Å². The fourth-order valence-electron chi connectivity index (χ4n) is 1.73. The van der Waals surface area contributed by atoms with Crippen molar-refractivity contribution in [1.29, 1.82) is 0 Å². The molecule has 0 saturated carbocycles. The average Bonchev–Trinajstić information content (AvgIpc) is 2.69. The van der Waals surface area contributed by atoms with Crippen molar-refractivity contribution < 1.29 is 0 Å². The predicted octanol–water partition coefficient (Wildman–Crippen LogP) is 3.87. The van der Waals surface area contributed by atoms with Crippen molar-refractivity contribution in [2.75, 3.05) is 6.54 Å². The molecule has 1 aliphatic rings. The van der Waals surface area contributed by atoms with E-state index in [1.54, 1.807) is 0 Å². The molecule has 1 heterocycles. The van der Waals surface area contributed by atoms with E-state index in [0.717, 1.165) is 21.6 Å². The Morgan fingerprint density at radius 3 is 3.00 bits per heavy atom. The van der Waals surface area contributed by atoms with Crippen LogP contribution in [0.3, 0.4) is 0 Å². The lowest BCUT2D eigenvalue weighted by molar-refractivity contribution is 0.730. The molecule has 1 fully saturated rings. The van der Waals surface area contributed by atoms with E-state index < -0.39 is 0 Å². The molecule has 0 aliphatic carbocycles. The number of benzene rings is 1. The Hall–Kier alpha value is -0.310.